The van der Waals surface area contributed by atoms with Gasteiger partial charge in [-0.3, -0.25) is 9.59 Å². The van der Waals surface area contributed by atoms with Crippen molar-refractivity contribution in [1.82, 2.24) is 10.4 Å². The predicted molar refractivity (Wildman–Crippen MR) is 88.6 cm³/mol. The molecule has 1 heterocycles. The molecule has 7 heteroatoms. The van der Waals surface area contributed by atoms with Gasteiger partial charge >= 0.3 is 0 Å². The van der Waals surface area contributed by atoms with Crippen molar-refractivity contribution >= 4 is 39.2 Å². The summed E-state index contributed by atoms with van der Waals surface area (Å²) in [6.07, 6.45) is 1.04. The van der Waals surface area contributed by atoms with Crippen molar-refractivity contribution in [1.29, 1.82) is 0 Å². The Hall–Kier alpha value is -2.02. The predicted octanol–water partition coefficient (Wildman–Crippen LogP) is 2.29. The van der Waals surface area contributed by atoms with Gasteiger partial charge < -0.3 is 0 Å². The molecule has 0 spiro atoms. The van der Waals surface area contributed by atoms with E-state index in [-0.39, 0.29) is 18.4 Å². The molecule has 0 bridgehead atoms. The van der Waals surface area contributed by atoms with Crippen LogP contribution in [-0.4, -0.2) is 34.8 Å². The smallest absolute Gasteiger partial charge is 0.261 e. The van der Waals surface area contributed by atoms with Crippen LogP contribution in [0.15, 0.2) is 38.9 Å². The van der Waals surface area contributed by atoms with Gasteiger partial charge in [-0.15, -0.1) is 0 Å². The Morgan fingerprint density at radius 1 is 1.36 bits per heavy atom. The van der Waals surface area contributed by atoms with E-state index in [1.807, 2.05) is 31.2 Å². The molecule has 2 amide bonds. The van der Waals surface area contributed by atoms with Crippen molar-refractivity contribution in [2.45, 2.75) is 26.7 Å². The number of nitrogens with zero attached hydrogens (tertiary/aromatic N) is 3. The van der Waals surface area contributed by atoms with Gasteiger partial charge in [0.25, 0.3) is 5.91 Å². The second-order valence-corrected chi connectivity index (χ2v) is 5.94. The maximum Gasteiger partial charge on any atom is 0.261 e. The number of hydrogen-bond acceptors (Lipinski definition) is 4. The van der Waals surface area contributed by atoms with Gasteiger partial charge in [-0.1, -0.05) is 28.1 Å². The molecule has 0 saturated carbocycles. The summed E-state index contributed by atoms with van der Waals surface area (Å²) in [7, 11) is 0. The summed E-state index contributed by atoms with van der Waals surface area (Å²) in [5.41, 5.74) is 4.90. The van der Waals surface area contributed by atoms with Crippen molar-refractivity contribution < 1.29 is 9.59 Å². The minimum absolute atomic E-state index is 0.118. The third-order valence-corrected chi connectivity index (χ3v) is 3.71. The van der Waals surface area contributed by atoms with Crippen molar-refractivity contribution in [2.75, 3.05) is 6.54 Å². The fraction of sp³-hybridized carbons (Fsp3) is 0.333. The van der Waals surface area contributed by atoms with E-state index in [2.05, 4.69) is 31.6 Å². The molecule has 0 atom stereocenters. The summed E-state index contributed by atoms with van der Waals surface area (Å²) in [6, 6.07) is 7.61. The molecule has 6 nitrogen and oxygen atoms in total. The number of carbonyl (C=O) groups is 2. The molecule has 1 aromatic rings. The lowest BCUT2D eigenvalue weighted by Gasteiger charge is -2.21. The molecular formula is C15H17BrN4O2. The Morgan fingerprint density at radius 2 is 2.05 bits per heavy atom. The molecule has 116 valence electrons. The molecule has 1 N–H and O–H groups in total. The quantitative estimate of drug-likeness (QED) is 0.657. The first-order valence-corrected chi connectivity index (χ1v) is 7.68. The number of benzene rings is 1. The fourth-order valence-electron chi connectivity index (χ4n) is 1.93. The zero-order chi connectivity index (χ0) is 16.1. The Morgan fingerprint density at radius 3 is 2.73 bits per heavy atom. The number of nitrogens with one attached hydrogen (secondary N) is 1. The standard InChI is InChI=1S/C15H17BrN4O2/c1-10-3-8-15(22)20(19-10)9-14(21)18-17-11(2)12-4-6-13(16)7-5-12/h4-7H,3,8-9H2,1-2H3,(H,18,21)/b17-11+. The van der Waals surface area contributed by atoms with Gasteiger partial charge in [0.1, 0.15) is 6.54 Å². The van der Waals surface area contributed by atoms with Crippen LogP contribution in [0.4, 0.5) is 0 Å². The van der Waals surface area contributed by atoms with Gasteiger partial charge in [0, 0.05) is 16.6 Å². The van der Waals surface area contributed by atoms with Crippen LogP contribution in [0, 0.1) is 0 Å². The molecule has 1 aliphatic rings. The van der Waals surface area contributed by atoms with E-state index in [1.54, 1.807) is 6.92 Å². The van der Waals surface area contributed by atoms with Gasteiger partial charge in [-0.25, -0.2) is 10.4 Å². The maximum absolute atomic E-state index is 11.9. The van der Waals surface area contributed by atoms with Crippen LogP contribution >= 0.6 is 15.9 Å². The summed E-state index contributed by atoms with van der Waals surface area (Å²) in [5.74, 6) is -0.516. The molecular weight excluding hydrogens is 348 g/mol. The Labute approximate surface area is 137 Å². The second-order valence-electron chi connectivity index (χ2n) is 5.03. The monoisotopic (exact) mass is 364 g/mol. The van der Waals surface area contributed by atoms with Crippen LogP contribution in [-0.2, 0) is 9.59 Å². The molecule has 0 saturated heterocycles. The topological polar surface area (TPSA) is 74.1 Å². The van der Waals surface area contributed by atoms with Crippen molar-refractivity contribution in [2.24, 2.45) is 10.2 Å². The summed E-state index contributed by atoms with van der Waals surface area (Å²) in [6.45, 7) is 3.53. The largest absolute Gasteiger partial charge is 0.273 e. The number of amides is 2. The van der Waals surface area contributed by atoms with E-state index in [0.717, 1.165) is 15.7 Å². The highest BCUT2D eigenvalue weighted by molar-refractivity contribution is 9.10. The summed E-state index contributed by atoms with van der Waals surface area (Å²) in [4.78, 5) is 23.5. The van der Waals surface area contributed by atoms with Crippen LogP contribution in [0.5, 0.6) is 0 Å². The summed E-state index contributed by atoms with van der Waals surface area (Å²) < 4.78 is 0.977. The SMILES string of the molecule is CC1=NN(CC(=O)N/N=C(\C)c2ccc(Br)cc2)C(=O)CC1. The minimum atomic E-state index is -0.372. The second kappa shape index (κ2) is 7.31. The molecule has 0 aromatic heterocycles. The number of carbonyl (C=O) groups excluding carboxylic acids is 2. The third-order valence-electron chi connectivity index (χ3n) is 3.18. The van der Waals surface area contributed by atoms with Gasteiger partial charge in [-0.2, -0.15) is 10.2 Å². The molecule has 0 aliphatic carbocycles. The van der Waals surface area contributed by atoms with E-state index in [0.29, 0.717) is 18.6 Å². The van der Waals surface area contributed by atoms with Crippen LogP contribution < -0.4 is 5.43 Å². The van der Waals surface area contributed by atoms with Crippen molar-refractivity contribution in [3.05, 3.63) is 34.3 Å². The number of halogens is 1. The van der Waals surface area contributed by atoms with E-state index >= 15 is 0 Å². The van der Waals surface area contributed by atoms with Gasteiger partial charge in [-0.05, 0) is 38.0 Å². The number of hydrogen-bond donors (Lipinski definition) is 1. The molecule has 0 fully saturated rings. The lowest BCUT2D eigenvalue weighted by molar-refractivity contribution is -0.136. The average Bonchev–Trinajstić information content (AvgIpc) is 2.49. The van der Waals surface area contributed by atoms with Gasteiger partial charge in [0.15, 0.2) is 0 Å². The number of rotatable bonds is 4. The highest BCUT2D eigenvalue weighted by Crippen LogP contribution is 2.11. The average molecular weight is 365 g/mol. The number of hydrazone groups is 2. The maximum atomic E-state index is 11.9. The van der Waals surface area contributed by atoms with Gasteiger partial charge in [0.2, 0.25) is 5.91 Å². The first-order valence-electron chi connectivity index (χ1n) is 6.89. The molecule has 2 rings (SSSR count). The zero-order valence-corrected chi connectivity index (χ0v) is 14.1. The molecule has 1 aromatic carbocycles. The van der Waals surface area contributed by atoms with Gasteiger partial charge in [0.05, 0.1) is 5.71 Å². The first kappa shape index (κ1) is 16.4. The normalized spacial score (nSPS) is 15.6. The summed E-state index contributed by atoms with van der Waals surface area (Å²) >= 11 is 3.36. The van der Waals surface area contributed by atoms with E-state index in [9.17, 15) is 9.59 Å². The van der Waals surface area contributed by atoms with Crippen molar-refractivity contribution in [3.63, 3.8) is 0 Å². The highest BCUT2D eigenvalue weighted by atomic mass is 79.9. The van der Waals surface area contributed by atoms with Crippen LogP contribution in [0.25, 0.3) is 0 Å². The first-order chi connectivity index (χ1) is 10.5. The lowest BCUT2D eigenvalue weighted by atomic mass is 10.1. The Kier molecular flexibility index (Phi) is 5.43. The Bertz CT molecular complexity index is 637. The highest BCUT2D eigenvalue weighted by Gasteiger charge is 2.20. The summed E-state index contributed by atoms with van der Waals surface area (Å²) in [5, 5.41) is 9.33. The molecule has 1 aliphatic heterocycles. The third kappa shape index (κ3) is 4.49. The van der Waals surface area contributed by atoms with Crippen molar-refractivity contribution in [3.8, 4) is 0 Å². The zero-order valence-electron chi connectivity index (χ0n) is 12.5. The Balaban J connectivity index is 1.94. The minimum Gasteiger partial charge on any atom is -0.273 e. The lowest BCUT2D eigenvalue weighted by Crippen LogP contribution is -2.38. The molecule has 22 heavy (non-hydrogen) atoms. The van der Waals surface area contributed by atoms with E-state index in [1.165, 1.54) is 5.01 Å². The fourth-order valence-corrected chi connectivity index (χ4v) is 2.19. The van der Waals surface area contributed by atoms with E-state index in [4.69, 9.17) is 0 Å². The molecule has 0 radical (unpaired) electrons. The van der Waals surface area contributed by atoms with Crippen LogP contribution in [0.3, 0.4) is 0 Å². The van der Waals surface area contributed by atoms with Crippen LogP contribution in [0.2, 0.25) is 0 Å². The van der Waals surface area contributed by atoms with Crippen LogP contribution in [0.1, 0.15) is 32.3 Å². The molecule has 0 unspecified atom stereocenters. The van der Waals surface area contributed by atoms with E-state index < -0.39 is 0 Å².